The third kappa shape index (κ3) is 3.26. The molecule has 0 saturated carbocycles. The van der Waals surface area contributed by atoms with E-state index in [1.165, 1.54) is 10.4 Å². The van der Waals surface area contributed by atoms with Gasteiger partial charge in [0.1, 0.15) is 0 Å². The molecular formula is C14H17NO4S. The van der Waals surface area contributed by atoms with Crippen LogP contribution in [0.4, 0.5) is 0 Å². The van der Waals surface area contributed by atoms with Crippen molar-refractivity contribution in [2.45, 2.75) is 19.4 Å². The summed E-state index contributed by atoms with van der Waals surface area (Å²) in [5.41, 5.74) is 1.68. The topological polar surface area (TPSA) is 74.7 Å². The Morgan fingerprint density at radius 3 is 2.50 bits per heavy atom. The highest BCUT2D eigenvalue weighted by atomic mass is 32.2. The molecule has 6 heteroatoms. The van der Waals surface area contributed by atoms with Gasteiger partial charge in [-0.05, 0) is 30.5 Å². The van der Waals surface area contributed by atoms with Gasteiger partial charge in [-0.15, -0.1) is 0 Å². The zero-order valence-corrected chi connectivity index (χ0v) is 12.0. The molecule has 1 aromatic rings. The molecule has 1 fully saturated rings. The van der Waals surface area contributed by atoms with Gasteiger partial charge >= 0.3 is 5.97 Å². The molecule has 1 aliphatic heterocycles. The molecule has 108 valence electrons. The molecule has 0 bridgehead atoms. The van der Waals surface area contributed by atoms with E-state index in [1.807, 2.05) is 19.1 Å². The first-order chi connectivity index (χ1) is 9.40. The molecule has 1 N–H and O–H groups in total. The van der Waals surface area contributed by atoms with Crippen molar-refractivity contribution in [3.05, 3.63) is 41.5 Å². The van der Waals surface area contributed by atoms with Crippen LogP contribution in [0.5, 0.6) is 0 Å². The van der Waals surface area contributed by atoms with E-state index in [0.29, 0.717) is 13.0 Å². The lowest BCUT2D eigenvalue weighted by Gasteiger charge is -2.23. The Morgan fingerprint density at radius 1 is 1.35 bits per heavy atom. The van der Waals surface area contributed by atoms with E-state index in [-0.39, 0.29) is 11.8 Å². The molecule has 1 atom stereocenters. The molecule has 1 aliphatic rings. The van der Waals surface area contributed by atoms with Gasteiger partial charge in [-0.25, -0.2) is 13.2 Å². The van der Waals surface area contributed by atoms with Crippen LogP contribution in [0.2, 0.25) is 0 Å². The number of hydrogen-bond acceptors (Lipinski definition) is 3. The summed E-state index contributed by atoms with van der Waals surface area (Å²) < 4.78 is 25.3. The van der Waals surface area contributed by atoms with Gasteiger partial charge < -0.3 is 5.11 Å². The van der Waals surface area contributed by atoms with Gasteiger partial charge in [0.25, 0.3) is 0 Å². The fraction of sp³-hybridized carbons (Fsp3) is 0.357. The summed E-state index contributed by atoms with van der Waals surface area (Å²) in [6, 6.07) is 7.04. The molecule has 0 aromatic heterocycles. The van der Waals surface area contributed by atoms with Crippen molar-refractivity contribution < 1.29 is 18.3 Å². The van der Waals surface area contributed by atoms with Gasteiger partial charge in [0.05, 0.1) is 5.75 Å². The summed E-state index contributed by atoms with van der Waals surface area (Å²) in [4.78, 5) is 10.4. The fourth-order valence-electron chi connectivity index (χ4n) is 2.31. The van der Waals surface area contributed by atoms with E-state index >= 15 is 0 Å². The first-order valence-corrected chi connectivity index (χ1v) is 8.01. The Morgan fingerprint density at radius 2 is 2.00 bits per heavy atom. The highest BCUT2D eigenvalue weighted by molar-refractivity contribution is 7.89. The maximum Gasteiger partial charge on any atom is 0.328 e. The predicted octanol–water partition coefficient (Wildman–Crippen LogP) is 1.88. The van der Waals surface area contributed by atoms with Gasteiger partial charge in [-0.1, -0.05) is 24.3 Å². The van der Waals surface area contributed by atoms with Gasteiger partial charge in [0.15, 0.2) is 0 Å². The minimum atomic E-state index is -3.12. The molecule has 0 aliphatic carbocycles. The summed E-state index contributed by atoms with van der Waals surface area (Å²) in [6.07, 6.45) is 3.25. The Labute approximate surface area is 118 Å². The van der Waals surface area contributed by atoms with Crippen molar-refractivity contribution in [3.8, 4) is 0 Å². The molecule has 5 nitrogen and oxygen atoms in total. The van der Waals surface area contributed by atoms with Gasteiger partial charge in [0.2, 0.25) is 10.0 Å². The largest absolute Gasteiger partial charge is 0.478 e. The third-order valence-corrected chi connectivity index (χ3v) is 5.43. The second-order valence-electron chi connectivity index (χ2n) is 4.79. The highest BCUT2D eigenvalue weighted by Gasteiger charge is 2.32. The first kappa shape index (κ1) is 14.7. The van der Waals surface area contributed by atoms with E-state index in [0.717, 1.165) is 17.2 Å². The molecule has 1 aromatic carbocycles. The van der Waals surface area contributed by atoms with Gasteiger partial charge in [0, 0.05) is 18.7 Å². The van der Waals surface area contributed by atoms with Crippen molar-refractivity contribution in [3.63, 3.8) is 0 Å². The van der Waals surface area contributed by atoms with Crippen molar-refractivity contribution in [1.29, 1.82) is 0 Å². The molecule has 0 amide bonds. The molecular weight excluding hydrogens is 278 g/mol. The minimum absolute atomic E-state index is 0.194. The summed E-state index contributed by atoms with van der Waals surface area (Å²) in [6.45, 7) is 2.43. The summed E-state index contributed by atoms with van der Waals surface area (Å²) >= 11 is 0. The van der Waals surface area contributed by atoms with Crippen LogP contribution in [0.1, 0.15) is 30.5 Å². The predicted molar refractivity (Wildman–Crippen MR) is 76.6 cm³/mol. The number of rotatable bonds is 4. The van der Waals surface area contributed by atoms with Crippen LogP contribution in [0.15, 0.2) is 30.3 Å². The van der Waals surface area contributed by atoms with E-state index in [1.54, 1.807) is 12.1 Å². The van der Waals surface area contributed by atoms with Crippen LogP contribution >= 0.6 is 0 Å². The maximum atomic E-state index is 11.9. The number of hydrogen-bond donors (Lipinski definition) is 1. The van der Waals surface area contributed by atoms with Crippen molar-refractivity contribution in [2.75, 3.05) is 12.3 Å². The number of carboxylic acid groups (broad SMARTS) is 1. The number of aliphatic carboxylic acids is 1. The second-order valence-corrected chi connectivity index (χ2v) is 6.84. The van der Waals surface area contributed by atoms with E-state index in [9.17, 15) is 13.2 Å². The van der Waals surface area contributed by atoms with Crippen molar-refractivity contribution in [1.82, 2.24) is 4.31 Å². The van der Waals surface area contributed by atoms with Gasteiger partial charge in [-0.3, -0.25) is 0 Å². The minimum Gasteiger partial charge on any atom is -0.478 e. The lowest BCUT2D eigenvalue weighted by atomic mass is 10.1. The molecule has 1 unspecified atom stereocenters. The molecule has 1 saturated heterocycles. The van der Waals surface area contributed by atoms with Crippen LogP contribution in [0.25, 0.3) is 6.08 Å². The van der Waals surface area contributed by atoms with E-state index < -0.39 is 16.0 Å². The molecule has 20 heavy (non-hydrogen) atoms. The fourth-order valence-corrected chi connectivity index (χ4v) is 4.05. The number of benzene rings is 1. The molecule has 2 rings (SSSR count). The maximum absolute atomic E-state index is 11.9. The lowest BCUT2D eigenvalue weighted by Crippen LogP contribution is -2.28. The number of sulfonamides is 1. The Hall–Kier alpha value is -1.66. The van der Waals surface area contributed by atoms with Crippen LogP contribution in [0.3, 0.4) is 0 Å². The molecule has 0 spiro atoms. The van der Waals surface area contributed by atoms with Crippen LogP contribution < -0.4 is 0 Å². The Kier molecular flexibility index (Phi) is 4.25. The quantitative estimate of drug-likeness (QED) is 0.861. The summed E-state index contributed by atoms with van der Waals surface area (Å²) in [7, 11) is -3.12. The van der Waals surface area contributed by atoms with Crippen LogP contribution in [-0.2, 0) is 14.8 Å². The average molecular weight is 295 g/mol. The smallest absolute Gasteiger partial charge is 0.328 e. The first-order valence-electron chi connectivity index (χ1n) is 6.40. The Bertz CT molecular complexity index is 619. The van der Waals surface area contributed by atoms with Crippen molar-refractivity contribution >= 4 is 22.1 Å². The van der Waals surface area contributed by atoms with Crippen LogP contribution in [-0.4, -0.2) is 36.1 Å². The molecule has 1 heterocycles. The standard InChI is InChI=1S/C14H17NO4S/c1-11(15-9-2-10-20(15,18)19)13-6-3-12(4-7-13)5-8-14(16)17/h3-8,11H,2,9-10H2,1H3,(H,16,17). The van der Waals surface area contributed by atoms with Crippen LogP contribution in [0, 0.1) is 0 Å². The zero-order chi connectivity index (χ0) is 14.8. The highest BCUT2D eigenvalue weighted by Crippen LogP contribution is 2.28. The second kappa shape index (κ2) is 5.76. The normalized spacial score (nSPS) is 20.2. The van der Waals surface area contributed by atoms with E-state index in [2.05, 4.69) is 0 Å². The number of carbonyl (C=O) groups is 1. The van der Waals surface area contributed by atoms with E-state index in [4.69, 9.17) is 5.11 Å². The van der Waals surface area contributed by atoms with Crippen molar-refractivity contribution in [2.24, 2.45) is 0 Å². The zero-order valence-electron chi connectivity index (χ0n) is 11.2. The SMILES string of the molecule is CC(c1ccc(C=CC(=O)O)cc1)N1CCCS1(=O)=O. The lowest BCUT2D eigenvalue weighted by molar-refractivity contribution is -0.131. The average Bonchev–Trinajstić information content (AvgIpc) is 2.76. The molecule has 0 radical (unpaired) electrons. The third-order valence-electron chi connectivity index (χ3n) is 3.41. The number of carboxylic acids is 1. The summed E-state index contributed by atoms with van der Waals surface area (Å²) in [5.74, 6) is -0.776. The number of nitrogens with zero attached hydrogens (tertiary/aromatic N) is 1. The monoisotopic (exact) mass is 295 g/mol. The summed E-state index contributed by atoms with van der Waals surface area (Å²) in [5, 5.41) is 8.56. The van der Waals surface area contributed by atoms with Gasteiger partial charge in [-0.2, -0.15) is 4.31 Å². The Balaban J connectivity index is 2.16.